The van der Waals surface area contributed by atoms with E-state index >= 15 is 0 Å². The zero-order valence-electron chi connectivity index (χ0n) is 13.9. The SMILES string of the molecule is CCCCCCCCCCCCOC(=O)CSc1cccs1. The van der Waals surface area contributed by atoms with Gasteiger partial charge in [-0.2, -0.15) is 0 Å². The van der Waals surface area contributed by atoms with Gasteiger partial charge >= 0.3 is 5.97 Å². The van der Waals surface area contributed by atoms with E-state index in [9.17, 15) is 4.79 Å². The molecular weight excluding hydrogens is 312 g/mol. The van der Waals surface area contributed by atoms with Crippen LogP contribution in [0.25, 0.3) is 0 Å². The Morgan fingerprint density at radius 3 is 2.27 bits per heavy atom. The molecule has 2 nitrogen and oxygen atoms in total. The van der Waals surface area contributed by atoms with Crippen LogP contribution in [0, 0.1) is 0 Å². The van der Waals surface area contributed by atoms with Gasteiger partial charge in [-0.3, -0.25) is 4.79 Å². The third kappa shape index (κ3) is 11.1. The van der Waals surface area contributed by atoms with Gasteiger partial charge in [0.1, 0.15) is 0 Å². The molecule has 0 bridgehead atoms. The molecule has 1 heterocycles. The Kier molecular flexibility index (Phi) is 12.6. The molecule has 0 aliphatic heterocycles. The van der Waals surface area contributed by atoms with Gasteiger partial charge in [-0.15, -0.1) is 23.1 Å². The first-order valence-electron chi connectivity index (χ1n) is 8.65. The summed E-state index contributed by atoms with van der Waals surface area (Å²) in [6, 6.07) is 4.03. The number of rotatable bonds is 14. The molecule has 0 saturated heterocycles. The van der Waals surface area contributed by atoms with Crippen LogP contribution in [0.2, 0.25) is 0 Å². The molecule has 1 aromatic rings. The standard InChI is InChI=1S/C18H30O2S2/c1-2-3-4-5-6-7-8-9-10-11-14-20-17(19)16-22-18-13-12-15-21-18/h12-13,15H,2-11,14,16H2,1H3. The van der Waals surface area contributed by atoms with Crippen molar-refractivity contribution in [2.45, 2.75) is 75.3 Å². The van der Waals surface area contributed by atoms with Crippen LogP contribution < -0.4 is 0 Å². The second-order valence-corrected chi connectivity index (χ2v) is 7.85. The minimum atomic E-state index is -0.0886. The molecule has 4 heteroatoms. The van der Waals surface area contributed by atoms with Crippen LogP contribution in [0.3, 0.4) is 0 Å². The summed E-state index contributed by atoms with van der Waals surface area (Å²) in [5.41, 5.74) is 0. The zero-order chi connectivity index (χ0) is 15.9. The molecule has 0 radical (unpaired) electrons. The van der Waals surface area contributed by atoms with Gasteiger partial charge in [0.25, 0.3) is 0 Å². The van der Waals surface area contributed by atoms with E-state index in [1.54, 1.807) is 23.1 Å². The molecule has 0 aliphatic rings. The van der Waals surface area contributed by atoms with E-state index in [1.807, 2.05) is 17.5 Å². The molecule has 0 amide bonds. The minimum absolute atomic E-state index is 0.0886. The van der Waals surface area contributed by atoms with Gasteiger partial charge in [0.15, 0.2) is 0 Å². The molecule has 126 valence electrons. The van der Waals surface area contributed by atoms with Gasteiger partial charge in [-0.1, -0.05) is 70.8 Å². The number of esters is 1. The lowest BCUT2D eigenvalue weighted by atomic mass is 10.1. The monoisotopic (exact) mass is 342 g/mol. The van der Waals surface area contributed by atoms with Crippen molar-refractivity contribution in [3.63, 3.8) is 0 Å². The molecule has 0 saturated carbocycles. The molecule has 0 unspecified atom stereocenters. The molecule has 0 fully saturated rings. The summed E-state index contributed by atoms with van der Waals surface area (Å²) in [4.78, 5) is 11.6. The maximum Gasteiger partial charge on any atom is 0.316 e. The van der Waals surface area contributed by atoms with Gasteiger partial charge in [0.2, 0.25) is 0 Å². The second kappa shape index (κ2) is 14.1. The van der Waals surface area contributed by atoms with Crippen molar-refractivity contribution >= 4 is 29.1 Å². The van der Waals surface area contributed by atoms with Crippen molar-refractivity contribution < 1.29 is 9.53 Å². The third-order valence-corrected chi connectivity index (χ3v) is 5.69. The summed E-state index contributed by atoms with van der Waals surface area (Å²) >= 11 is 3.23. The quantitative estimate of drug-likeness (QED) is 0.225. The molecule has 0 spiro atoms. The smallest absolute Gasteiger partial charge is 0.316 e. The molecule has 0 aliphatic carbocycles. The third-order valence-electron chi connectivity index (χ3n) is 3.59. The predicted octanol–water partition coefficient (Wildman–Crippen LogP) is 6.30. The Bertz CT molecular complexity index is 363. The van der Waals surface area contributed by atoms with Crippen molar-refractivity contribution in [1.29, 1.82) is 0 Å². The Hall–Kier alpha value is -0.480. The van der Waals surface area contributed by atoms with Crippen LogP contribution >= 0.6 is 23.1 Å². The number of carbonyl (C=O) groups is 1. The Labute approximate surface area is 144 Å². The lowest BCUT2D eigenvalue weighted by Gasteiger charge is -2.04. The number of ether oxygens (including phenoxy) is 1. The molecule has 0 atom stereocenters. The predicted molar refractivity (Wildman–Crippen MR) is 97.8 cm³/mol. The van der Waals surface area contributed by atoms with E-state index in [0.717, 1.165) is 6.42 Å². The molecule has 0 aromatic carbocycles. The Morgan fingerprint density at radius 1 is 1.05 bits per heavy atom. The van der Waals surface area contributed by atoms with E-state index in [-0.39, 0.29) is 5.97 Å². The number of thiophene rings is 1. The van der Waals surface area contributed by atoms with Gasteiger partial charge in [0, 0.05) is 0 Å². The van der Waals surface area contributed by atoms with Gasteiger partial charge in [0.05, 0.1) is 16.6 Å². The lowest BCUT2D eigenvalue weighted by molar-refractivity contribution is -0.140. The van der Waals surface area contributed by atoms with Crippen LogP contribution in [0.15, 0.2) is 21.7 Å². The zero-order valence-corrected chi connectivity index (χ0v) is 15.5. The fraction of sp³-hybridized carbons (Fsp3) is 0.722. The normalized spacial score (nSPS) is 10.8. The van der Waals surface area contributed by atoms with E-state index in [2.05, 4.69) is 6.92 Å². The summed E-state index contributed by atoms with van der Waals surface area (Å²) in [6.07, 6.45) is 13.0. The average molecular weight is 343 g/mol. The molecule has 0 N–H and O–H groups in total. The average Bonchev–Trinajstić information content (AvgIpc) is 3.04. The summed E-state index contributed by atoms with van der Waals surface area (Å²) in [7, 11) is 0. The number of hydrogen-bond donors (Lipinski definition) is 0. The highest BCUT2D eigenvalue weighted by Gasteiger charge is 2.04. The van der Waals surface area contributed by atoms with E-state index in [1.165, 1.54) is 62.0 Å². The molecule has 22 heavy (non-hydrogen) atoms. The summed E-state index contributed by atoms with van der Waals surface area (Å²) < 4.78 is 6.43. The topological polar surface area (TPSA) is 26.3 Å². The minimum Gasteiger partial charge on any atom is -0.465 e. The number of thioether (sulfide) groups is 1. The first kappa shape index (κ1) is 19.6. The first-order chi connectivity index (χ1) is 10.8. The number of hydrogen-bond acceptors (Lipinski definition) is 4. The largest absolute Gasteiger partial charge is 0.465 e. The molecular formula is C18H30O2S2. The summed E-state index contributed by atoms with van der Waals surface area (Å²) in [5, 5.41) is 2.03. The van der Waals surface area contributed by atoms with Crippen LogP contribution in [-0.4, -0.2) is 18.3 Å². The fourth-order valence-corrected chi connectivity index (χ4v) is 3.88. The van der Waals surface area contributed by atoms with Crippen LogP contribution in [-0.2, 0) is 9.53 Å². The highest BCUT2D eigenvalue weighted by atomic mass is 32.2. The van der Waals surface area contributed by atoms with Gasteiger partial charge in [-0.25, -0.2) is 0 Å². The highest BCUT2D eigenvalue weighted by Crippen LogP contribution is 2.23. The van der Waals surface area contributed by atoms with Crippen molar-refractivity contribution in [3.8, 4) is 0 Å². The Balaban J connectivity index is 1.80. The van der Waals surface area contributed by atoms with Crippen molar-refractivity contribution in [1.82, 2.24) is 0 Å². The molecule has 1 aromatic heterocycles. The maximum absolute atomic E-state index is 11.6. The molecule has 1 rings (SSSR count). The first-order valence-corrected chi connectivity index (χ1v) is 10.5. The van der Waals surface area contributed by atoms with Gasteiger partial charge < -0.3 is 4.74 Å². The van der Waals surface area contributed by atoms with Crippen LogP contribution in [0.1, 0.15) is 71.1 Å². The van der Waals surface area contributed by atoms with E-state index in [4.69, 9.17) is 4.74 Å². The van der Waals surface area contributed by atoms with Crippen LogP contribution in [0.5, 0.6) is 0 Å². The lowest BCUT2D eigenvalue weighted by Crippen LogP contribution is -2.08. The van der Waals surface area contributed by atoms with Crippen LogP contribution in [0.4, 0.5) is 0 Å². The second-order valence-electron chi connectivity index (χ2n) is 5.62. The highest BCUT2D eigenvalue weighted by molar-refractivity contribution is 8.01. The van der Waals surface area contributed by atoms with Crippen molar-refractivity contribution in [3.05, 3.63) is 17.5 Å². The van der Waals surface area contributed by atoms with E-state index < -0.39 is 0 Å². The summed E-state index contributed by atoms with van der Waals surface area (Å²) in [6.45, 7) is 2.84. The fourth-order valence-electron chi connectivity index (χ4n) is 2.29. The van der Waals surface area contributed by atoms with Gasteiger partial charge in [-0.05, 0) is 17.9 Å². The number of carbonyl (C=O) groups excluding carboxylic acids is 1. The maximum atomic E-state index is 11.6. The van der Waals surface area contributed by atoms with E-state index in [0.29, 0.717) is 12.4 Å². The Morgan fingerprint density at radius 2 is 1.68 bits per heavy atom. The van der Waals surface area contributed by atoms with Crippen molar-refractivity contribution in [2.75, 3.05) is 12.4 Å². The van der Waals surface area contributed by atoms with Crippen molar-refractivity contribution in [2.24, 2.45) is 0 Å². The summed E-state index contributed by atoms with van der Waals surface area (Å²) in [5.74, 6) is 0.340. The number of unbranched alkanes of at least 4 members (excludes halogenated alkanes) is 9.